The van der Waals surface area contributed by atoms with Crippen molar-refractivity contribution in [2.75, 3.05) is 6.61 Å². The summed E-state index contributed by atoms with van der Waals surface area (Å²) in [6.07, 6.45) is 2.12. The maximum atomic E-state index is 10.8. The van der Waals surface area contributed by atoms with E-state index in [1.165, 1.54) is 11.3 Å². The molecule has 0 bridgehead atoms. The molecular weight excluding hydrogens is 212 g/mol. The Morgan fingerprint density at radius 3 is 2.73 bits per heavy atom. The number of carboxylic acid groups (broad SMARTS) is 1. The van der Waals surface area contributed by atoms with Gasteiger partial charge in [0.15, 0.2) is 4.88 Å². The number of hydrogen-bond donors (Lipinski definition) is 1. The van der Waals surface area contributed by atoms with Crippen molar-refractivity contribution in [2.24, 2.45) is 5.92 Å². The fourth-order valence-electron chi connectivity index (χ4n) is 1.30. The molecule has 0 atom stereocenters. The third kappa shape index (κ3) is 3.23. The molecule has 1 rings (SSSR count). The molecule has 0 radical (unpaired) electrons. The number of hydrogen-bond acceptors (Lipinski definition) is 3. The van der Waals surface area contributed by atoms with E-state index in [4.69, 9.17) is 9.84 Å². The van der Waals surface area contributed by atoms with Gasteiger partial charge < -0.3 is 9.84 Å². The predicted octanol–water partition coefficient (Wildman–Crippen LogP) is 3.26. The van der Waals surface area contributed by atoms with Gasteiger partial charge in [0.05, 0.1) is 6.61 Å². The monoisotopic (exact) mass is 228 g/mol. The number of carboxylic acids is 1. The van der Waals surface area contributed by atoms with E-state index in [2.05, 4.69) is 13.8 Å². The van der Waals surface area contributed by atoms with Gasteiger partial charge in [-0.2, -0.15) is 0 Å². The molecule has 0 saturated heterocycles. The van der Waals surface area contributed by atoms with E-state index >= 15 is 0 Å². The van der Waals surface area contributed by atoms with Crippen LogP contribution in [-0.4, -0.2) is 17.7 Å². The van der Waals surface area contributed by atoms with Crippen LogP contribution in [0.3, 0.4) is 0 Å². The highest BCUT2D eigenvalue weighted by Gasteiger charge is 2.14. The first-order chi connectivity index (χ1) is 7.19. The van der Waals surface area contributed by atoms with E-state index in [1.807, 2.05) is 0 Å². The highest BCUT2D eigenvalue weighted by molar-refractivity contribution is 7.12. The van der Waals surface area contributed by atoms with Crippen LogP contribution in [0.25, 0.3) is 0 Å². The Morgan fingerprint density at radius 1 is 1.53 bits per heavy atom. The average molecular weight is 228 g/mol. The lowest BCUT2D eigenvalue weighted by Gasteiger charge is -2.13. The van der Waals surface area contributed by atoms with E-state index in [0.717, 1.165) is 12.8 Å². The van der Waals surface area contributed by atoms with Crippen molar-refractivity contribution in [1.82, 2.24) is 0 Å². The quantitative estimate of drug-likeness (QED) is 0.812. The summed E-state index contributed by atoms with van der Waals surface area (Å²) < 4.78 is 5.51. The average Bonchev–Trinajstić information content (AvgIpc) is 2.67. The van der Waals surface area contributed by atoms with E-state index in [9.17, 15) is 4.79 Å². The molecule has 0 aliphatic heterocycles. The predicted molar refractivity (Wildman–Crippen MR) is 60.8 cm³/mol. The minimum Gasteiger partial charge on any atom is -0.492 e. The number of aromatic carboxylic acids is 1. The molecule has 0 aliphatic rings. The van der Waals surface area contributed by atoms with Gasteiger partial charge in [0.2, 0.25) is 0 Å². The highest BCUT2D eigenvalue weighted by Crippen LogP contribution is 2.25. The Bertz CT molecular complexity index is 315. The van der Waals surface area contributed by atoms with Gasteiger partial charge in [-0.15, -0.1) is 11.3 Å². The van der Waals surface area contributed by atoms with Crippen molar-refractivity contribution in [3.05, 3.63) is 16.3 Å². The van der Waals surface area contributed by atoms with Crippen molar-refractivity contribution in [2.45, 2.75) is 26.7 Å². The molecule has 0 fully saturated rings. The third-order valence-electron chi connectivity index (χ3n) is 2.45. The second kappa shape index (κ2) is 5.75. The molecule has 84 valence electrons. The van der Waals surface area contributed by atoms with Crippen LogP contribution in [-0.2, 0) is 0 Å². The van der Waals surface area contributed by atoms with Crippen LogP contribution in [0, 0.1) is 5.92 Å². The van der Waals surface area contributed by atoms with Gasteiger partial charge in [-0.25, -0.2) is 4.79 Å². The van der Waals surface area contributed by atoms with Crippen LogP contribution in [0.4, 0.5) is 0 Å². The Morgan fingerprint density at radius 2 is 2.20 bits per heavy atom. The van der Waals surface area contributed by atoms with Crippen molar-refractivity contribution in [3.8, 4) is 5.75 Å². The van der Waals surface area contributed by atoms with Crippen molar-refractivity contribution < 1.29 is 14.6 Å². The Balaban J connectivity index is 2.57. The van der Waals surface area contributed by atoms with Gasteiger partial charge in [-0.05, 0) is 17.4 Å². The Labute approximate surface area is 93.7 Å². The summed E-state index contributed by atoms with van der Waals surface area (Å²) in [5.74, 6) is 0.0930. The summed E-state index contributed by atoms with van der Waals surface area (Å²) in [5.41, 5.74) is 0. The first kappa shape index (κ1) is 12.0. The molecular formula is C11H16O3S. The first-order valence-electron chi connectivity index (χ1n) is 5.12. The molecule has 0 aliphatic carbocycles. The van der Waals surface area contributed by atoms with E-state index in [1.54, 1.807) is 11.4 Å². The molecule has 0 saturated carbocycles. The van der Waals surface area contributed by atoms with E-state index < -0.39 is 5.97 Å². The minimum atomic E-state index is -0.912. The van der Waals surface area contributed by atoms with Gasteiger partial charge in [-0.1, -0.05) is 26.7 Å². The first-order valence-corrected chi connectivity index (χ1v) is 6.00. The third-order valence-corrected chi connectivity index (χ3v) is 3.34. The fourth-order valence-corrected chi connectivity index (χ4v) is 1.97. The van der Waals surface area contributed by atoms with Crippen molar-refractivity contribution >= 4 is 17.3 Å². The largest absolute Gasteiger partial charge is 0.492 e. The van der Waals surface area contributed by atoms with Gasteiger partial charge in [-0.3, -0.25) is 0 Å². The van der Waals surface area contributed by atoms with Crippen LogP contribution in [0.5, 0.6) is 5.75 Å². The second-order valence-corrected chi connectivity index (χ2v) is 4.33. The molecule has 0 amide bonds. The fraction of sp³-hybridized carbons (Fsp3) is 0.545. The zero-order valence-electron chi connectivity index (χ0n) is 9.03. The maximum Gasteiger partial charge on any atom is 0.349 e. The van der Waals surface area contributed by atoms with Gasteiger partial charge in [0.25, 0.3) is 0 Å². The van der Waals surface area contributed by atoms with Crippen LogP contribution >= 0.6 is 11.3 Å². The molecule has 1 aromatic rings. The number of thiophene rings is 1. The Hall–Kier alpha value is -1.03. The summed E-state index contributed by atoms with van der Waals surface area (Å²) in [4.78, 5) is 11.1. The number of ether oxygens (including phenoxy) is 1. The summed E-state index contributed by atoms with van der Waals surface area (Å²) >= 11 is 1.20. The SMILES string of the molecule is CCC(CC)COc1ccsc1C(=O)O. The normalized spacial score (nSPS) is 10.6. The number of carbonyl (C=O) groups is 1. The molecule has 15 heavy (non-hydrogen) atoms. The lowest BCUT2D eigenvalue weighted by Crippen LogP contribution is -2.11. The molecule has 1 aromatic heterocycles. The molecule has 0 spiro atoms. The van der Waals surface area contributed by atoms with Crippen LogP contribution in [0.1, 0.15) is 36.4 Å². The molecule has 4 heteroatoms. The highest BCUT2D eigenvalue weighted by atomic mass is 32.1. The zero-order valence-corrected chi connectivity index (χ0v) is 9.84. The van der Waals surface area contributed by atoms with Gasteiger partial charge >= 0.3 is 5.97 Å². The zero-order chi connectivity index (χ0) is 11.3. The molecule has 1 heterocycles. The number of rotatable bonds is 6. The van der Waals surface area contributed by atoms with E-state index in [-0.39, 0.29) is 0 Å². The summed E-state index contributed by atoms with van der Waals surface area (Å²) in [6.45, 7) is 4.83. The minimum absolute atomic E-state index is 0.293. The molecule has 3 nitrogen and oxygen atoms in total. The van der Waals surface area contributed by atoms with Gasteiger partial charge in [0.1, 0.15) is 5.75 Å². The van der Waals surface area contributed by atoms with Gasteiger partial charge in [0, 0.05) is 0 Å². The van der Waals surface area contributed by atoms with Crippen molar-refractivity contribution in [1.29, 1.82) is 0 Å². The summed E-state index contributed by atoms with van der Waals surface area (Å²) in [6, 6.07) is 1.72. The molecule has 0 aromatic carbocycles. The van der Waals surface area contributed by atoms with E-state index in [0.29, 0.717) is 23.2 Å². The van der Waals surface area contributed by atoms with Crippen LogP contribution in [0.15, 0.2) is 11.4 Å². The van der Waals surface area contributed by atoms with Crippen LogP contribution < -0.4 is 4.74 Å². The second-order valence-electron chi connectivity index (χ2n) is 3.41. The lowest BCUT2D eigenvalue weighted by atomic mass is 10.1. The smallest absolute Gasteiger partial charge is 0.349 e. The summed E-state index contributed by atoms with van der Waals surface area (Å²) in [7, 11) is 0. The molecule has 1 N–H and O–H groups in total. The topological polar surface area (TPSA) is 46.5 Å². The summed E-state index contributed by atoms with van der Waals surface area (Å²) in [5, 5.41) is 10.6. The van der Waals surface area contributed by atoms with Crippen molar-refractivity contribution in [3.63, 3.8) is 0 Å². The standard InChI is InChI=1S/C11H16O3S/c1-3-8(4-2)7-14-9-5-6-15-10(9)11(12)13/h5-6,8H,3-4,7H2,1-2H3,(H,12,13). The molecule has 0 unspecified atom stereocenters. The lowest BCUT2D eigenvalue weighted by molar-refractivity contribution is 0.0697. The van der Waals surface area contributed by atoms with Crippen LogP contribution in [0.2, 0.25) is 0 Å². The Kier molecular flexibility index (Phi) is 4.62. The maximum absolute atomic E-state index is 10.8.